The normalized spacial score (nSPS) is 0. The summed E-state index contributed by atoms with van der Waals surface area (Å²) in [7, 11) is 0. The van der Waals surface area contributed by atoms with Gasteiger partial charge in [-0.2, -0.15) is 0 Å². The summed E-state index contributed by atoms with van der Waals surface area (Å²) in [5.74, 6) is 0. The molecule has 0 amide bonds. The number of hydrogen-bond donors (Lipinski definition) is 0. The zero-order chi connectivity index (χ0) is 0. The van der Waals surface area contributed by atoms with Crippen molar-refractivity contribution in [3.05, 3.63) is 0 Å². The van der Waals surface area contributed by atoms with Gasteiger partial charge in [-0.15, -0.1) is 0 Å². The van der Waals surface area contributed by atoms with Crippen molar-refractivity contribution in [3.63, 3.8) is 0 Å². The first kappa shape index (κ1) is 33.9. The summed E-state index contributed by atoms with van der Waals surface area (Å²) >= 11 is 0. The molecule has 0 aliphatic rings. The fourth-order valence-corrected chi connectivity index (χ4v) is 0. The van der Waals surface area contributed by atoms with E-state index in [0.29, 0.717) is 0 Å². The predicted molar refractivity (Wildman–Crippen MR) is 21.9 cm³/mol. The van der Waals surface area contributed by atoms with E-state index in [1.54, 1.807) is 0 Å². The molecule has 0 fully saturated rings. The Morgan fingerprint density at radius 1 is 1.00 bits per heavy atom. The fraction of sp³-hybridized carbons (Fsp3) is 0. The standard InChI is InChI=1S/Mg.S.Se.Zn.2H. The first-order chi connectivity index (χ1) is 0. The van der Waals surface area contributed by atoms with E-state index >= 15 is 0 Å². The molecule has 0 saturated carbocycles. The third-order valence-electron chi connectivity index (χ3n) is 0. The maximum atomic E-state index is 0. The van der Waals surface area contributed by atoms with Gasteiger partial charge in [-0.3, -0.25) is 0 Å². The number of hydrogen-bond acceptors (Lipinski definition) is 0. The largest absolute Gasteiger partial charge is 0.316 e. The summed E-state index contributed by atoms with van der Waals surface area (Å²) in [4.78, 5) is 0. The molecule has 0 spiro atoms. The topological polar surface area (TPSA) is 0 Å². The van der Waals surface area contributed by atoms with E-state index in [1.807, 2.05) is 0 Å². The van der Waals surface area contributed by atoms with E-state index in [2.05, 4.69) is 0 Å². The molecule has 4 radical (unpaired) electrons. The van der Waals surface area contributed by atoms with Gasteiger partial charge in [0.05, 0.1) is 0 Å². The van der Waals surface area contributed by atoms with Gasteiger partial charge in [-0.1, -0.05) is 0 Å². The smallest absolute Gasteiger partial charge is 0 e. The molecule has 0 aromatic rings. The fourth-order valence-electron chi connectivity index (χ4n) is 0. The molecule has 0 aliphatic heterocycles. The minimum absolute atomic E-state index is 0. The van der Waals surface area contributed by atoms with E-state index in [4.69, 9.17) is 0 Å². The Hall–Kier alpha value is 2.26. The summed E-state index contributed by atoms with van der Waals surface area (Å²) in [5.41, 5.74) is 0. The Morgan fingerprint density at radius 3 is 1.00 bits per heavy atom. The summed E-state index contributed by atoms with van der Waals surface area (Å²) in [5, 5.41) is 0. The van der Waals surface area contributed by atoms with Crippen molar-refractivity contribution in [2.24, 2.45) is 0 Å². The summed E-state index contributed by atoms with van der Waals surface area (Å²) in [6.45, 7) is 0. The zero-order valence-electron chi connectivity index (χ0n) is 1.52. The van der Waals surface area contributed by atoms with Gasteiger partial charge in [-0.05, 0) is 0 Å². The molecule has 0 aliphatic carbocycles. The summed E-state index contributed by atoms with van der Waals surface area (Å²) in [6, 6.07) is 0. The molecule has 0 atom stereocenters. The van der Waals surface area contributed by atoms with Crippen LogP contribution in [0.4, 0.5) is 0 Å². The molecule has 0 heterocycles. The molecule has 0 bridgehead atoms. The van der Waals surface area contributed by atoms with Gasteiger partial charge in [0.2, 0.25) is 0 Å². The molecular formula is H2MgSSeZn. The van der Waals surface area contributed by atoms with Crippen LogP contribution in [0.3, 0.4) is 0 Å². The Kier molecular flexibility index (Phi) is 159. The molecule has 18 valence electrons. The maximum Gasteiger partial charge on any atom is 0.316 e. The van der Waals surface area contributed by atoms with Crippen LogP contribution in [0.2, 0.25) is 0 Å². The average molecular weight is 203 g/mol. The Bertz CT molecular complexity index is 8.00. The van der Waals surface area contributed by atoms with E-state index in [-0.39, 0.29) is 73.1 Å². The molecular weight excluding hydrogens is 201 g/mol. The minimum atomic E-state index is 0. The van der Waals surface area contributed by atoms with Crippen molar-refractivity contribution < 1.29 is 19.5 Å². The van der Waals surface area contributed by atoms with Crippen LogP contribution in [0.15, 0.2) is 0 Å². The second-order valence-electron chi connectivity index (χ2n) is 0. The van der Waals surface area contributed by atoms with Gasteiger partial charge in [-0.25, -0.2) is 0 Å². The van der Waals surface area contributed by atoms with Crippen molar-refractivity contribution in [1.29, 1.82) is 0 Å². The van der Waals surface area contributed by atoms with Crippen LogP contribution in [0.5, 0.6) is 0 Å². The van der Waals surface area contributed by atoms with Gasteiger partial charge in [0.15, 0.2) is 0 Å². The zero-order valence-corrected chi connectivity index (χ0v) is 7.02. The quantitative estimate of drug-likeness (QED) is 0.458. The Labute approximate surface area is 72.3 Å². The van der Waals surface area contributed by atoms with Crippen molar-refractivity contribution in [2.45, 2.75) is 0 Å². The van der Waals surface area contributed by atoms with E-state index in [9.17, 15) is 0 Å². The minimum Gasteiger partial charge on any atom is 0 e. The Balaban J connectivity index is 0. The predicted octanol–water partition coefficient (Wildman–Crippen LogP) is -0.651. The van der Waals surface area contributed by atoms with Crippen molar-refractivity contribution in [3.8, 4) is 0 Å². The SMILES string of the molecule is [MgH2].[S].[Se].[Zn]. The van der Waals surface area contributed by atoms with Crippen LogP contribution in [0.1, 0.15) is 0 Å². The molecule has 0 unspecified atom stereocenters. The Morgan fingerprint density at radius 2 is 1.00 bits per heavy atom. The van der Waals surface area contributed by atoms with Crippen LogP contribution in [0, 0.1) is 0 Å². The van der Waals surface area contributed by atoms with Crippen LogP contribution in [-0.4, -0.2) is 40.1 Å². The molecule has 4 heteroatoms. The summed E-state index contributed by atoms with van der Waals surface area (Å²) < 4.78 is 0. The van der Waals surface area contributed by atoms with Crippen LogP contribution in [-0.2, 0) is 19.5 Å². The van der Waals surface area contributed by atoms with Gasteiger partial charge in [0, 0.05) is 50.0 Å². The first-order valence-corrected chi connectivity index (χ1v) is 0. The van der Waals surface area contributed by atoms with Gasteiger partial charge >= 0.3 is 23.1 Å². The van der Waals surface area contributed by atoms with E-state index in [1.165, 1.54) is 0 Å². The molecule has 0 rings (SSSR count). The molecule has 0 aromatic carbocycles. The first-order valence-electron chi connectivity index (χ1n) is 0. The second-order valence-corrected chi connectivity index (χ2v) is 0. The molecule has 0 N–H and O–H groups in total. The van der Waals surface area contributed by atoms with Crippen LogP contribution < -0.4 is 0 Å². The monoisotopic (exact) mass is 202 g/mol. The second kappa shape index (κ2) is 18.7. The van der Waals surface area contributed by atoms with E-state index < -0.39 is 0 Å². The molecule has 0 aromatic heterocycles. The third-order valence-corrected chi connectivity index (χ3v) is 0. The van der Waals surface area contributed by atoms with Gasteiger partial charge < -0.3 is 0 Å². The molecule has 0 nitrogen and oxygen atoms in total. The van der Waals surface area contributed by atoms with Crippen molar-refractivity contribution >= 4 is 53.6 Å². The van der Waals surface area contributed by atoms with Gasteiger partial charge in [0.1, 0.15) is 0 Å². The third kappa shape index (κ3) is 8.86. The molecule has 0 saturated heterocycles. The maximum absolute atomic E-state index is 0. The van der Waals surface area contributed by atoms with Crippen LogP contribution in [0.25, 0.3) is 0 Å². The summed E-state index contributed by atoms with van der Waals surface area (Å²) in [6.07, 6.45) is 0. The van der Waals surface area contributed by atoms with E-state index in [0.717, 1.165) is 0 Å². The van der Waals surface area contributed by atoms with Crippen molar-refractivity contribution in [2.75, 3.05) is 0 Å². The molecule has 4 heavy (non-hydrogen) atoms. The van der Waals surface area contributed by atoms with Crippen molar-refractivity contribution in [1.82, 2.24) is 0 Å². The van der Waals surface area contributed by atoms with Crippen LogP contribution >= 0.6 is 13.5 Å². The average Bonchev–Trinajstić information content (AvgIpc) is 0. The van der Waals surface area contributed by atoms with Gasteiger partial charge in [0.25, 0.3) is 0 Å². The number of rotatable bonds is 0.